The van der Waals surface area contributed by atoms with Crippen LogP contribution in [0.15, 0.2) is 54.7 Å². The highest BCUT2D eigenvalue weighted by Gasteiger charge is 2.15. The van der Waals surface area contributed by atoms with Gasteiger partial charge in [0.05, 0.1) is 36.1 Å². The fourth-order valence-corrected chi connectivity index (χ4v) is 4.37. The first-order valence-corrected chi connectivity index (χ1v) is 13.0. The topological polar surface area (TPSA) is 125 Å². The number of nitrogens with zero attached hydrogens (tertiary/aromatic N) is 4. The summed E-state index contributed by atoms with van der Waals surface area (Å²) in [5.74, 6) is 0.561. The molecule has 1 saturated heterocycles. The molecule has 11 heteroatoms. The van der Waals surface area contributed by atoms with E-state index >= 15 is 0 Å². The van der Waals surface area contributed by atoms with Gasteiger partial charge in [0.2, 0.25) is 5.95 Å². The molecule has 1 aliphatic rings. The second-order valence-corrected chi connectivity index (χ2v) is 9.30. The maximum Gasteiger partial charge on any atom is 0.268 e. The van der Waals surface area contributed by atoms with Crippen LogP contribution in [-0.2, 0) is 11.3 Å². The highest BCUT2D eigenvalue weighted by molar-refractivity contribution is 6.32. The van der Waals surface area contributed by atoms with Crippen molar-refractivity contribution in [3.63, 3.8) is 0 Å². The summed E-state index contributed by atoms with van der Waals surface area (Å²) in [6.07, 6.45) is 2.58. The predicted octanol–water partition coefficient (Wildman–Crippen LogP) is 4.00. The lowest BCUT2D eigenvalue weighted by Crippen LogP contribution is -2.37. The van der Waals surface area contributed by atoms with E-state index in [9.17, 15) is 4.79 Å². The number of carbonyl (C=O) groups is 1. The summed E-state index contributed by atoms with van der Waals surface area (Å²) < 4.78 is 17.1. The number of benzene rings is 2. The molecule has 0 bridgehead atoms. The molecule has 2 aromatic heterocycles. The van der Waals surface area contributed by atoms with E-state index in [0.717, 1.165) is 45.0 Å². The third-order valence-corrected chi connectivity index (χ3v) is 6.40. The van der Waals surface area contributed by atoms with E-state index in [4.69, 9.17) is 31.5 Å². The molecule has 5 rings (SSSR count). The number of morpholine rings is 1. The number of halogens is 1. The van der Waals surface area contributed by atoms with Gasteiger partial charge >= 0.3 is 0 Å². The second-order valence-electron chi connectivity index (χ2n) is 8.89. The summed E-state index contributed by atoms with van der Waals surface area (Å²) in [5.41, 5.74) is 7.60. The number of aromatic nitrogens is 3. The molecule has 2 aromatic carbocycles. The Morgan fingerprint density at radius 1 is 1.15 bits per heavy atom. The molecule has 0 atom stereocenters. The lowest BCUT2D eigenvalue weighted by atomic mass is 10.1. The number of pyridine rings is 1. The van der Waals surface area contributed by atoms with Gasteiger partial charge in [-0.2, -0.15) is 0 Å². The third-order valence-electron chi connectivity index (χ3n) is 6.10. The molecule has 0 unspecified atom stereocenters. The standard InChI is InChI=1S/C28H28ClN6O4/c29-23-16-19(5-8-25(23)39-18-20-4-1-2-9-31-20)32-28-33-24-17-21(6-7-22(24)26(34-28)27(30)36)38-13-3-10-35-11-14-37-15-12-35/h1-2,4-5,7-9,16-17H,3,10-15,18H2,(H2,30,36)(H,32,33,34). The van der Waals surface area contributed by atoms with Crippen LogP contribution in [0.25, 0.3) is 10.9 Å². The minimum atomic E-state index is -0.672. The third kappa shape index (κ3) is 7.11. The maximum atomic E-state index is 12.2. The molecule has 1 fully saturated rings. The van der Waals surface area contributed by atoms with Crippen LogP contribution in [0.5, 0.6) is 11.5 Å². The molecule has 4 aromatic rings. The average molecular weight is 548 g/mol. The summed E-state index contributed by atoms with van der Waals surface area (Å²) in [6.45, 7) is 5.19. The molecule has 1 amide bonds. The molecule has 0 spiro atoms. The number of rotatable bonds is 11. The normalized spacial score (nSPS) is 13.8. The molecule has 201 valence electrons. The van der Waals surface area contributed by atoms with Crippen molar-refractivity contribution in [2.45, 2.75) is 13.0 Å². The smallest absolute Gasteiger partial charge is 0.268 e. The zero-order chi connectivity index (χ0) is 27.0. The largest absolute Gasteiger partial charge is 0.493 e. The van der Waals surface area contributed by atoms with E-state index in [0.29, 0.717) is 39.7 Å². The quantitative estimate of drug-likeness (QED) is 0.268. The van der Waals surface area contributed by atoms with Crippen LogP contribution in [0.3, 0.4) is 0 Å². The Hall–Kier alpha value is -3.99. The first-order chi connectivity index (χ1) is 19.0. The Kier molecular flexibility index (Phi) is 8.67. The zero-order valence-corrected chi connectivity index (χ0v) is 22.0. The van der Waals surface area contributed by atoms with Crippen molar-refractivity contribution in [1.29, 1.82) is 0 Å². The van der Waals surface area contributed by atoms with Crippen LogP contribution in [0.1, 0.15) is 22.6 Å². The van der Waals surface area contributed by atoms with Crippen molar-refractivity contribution < 1.29 is 19.0 Å². The summed E-state index contributed by atoms with van der Waals surface area (Å²) >= 11 is 6.44. The van der Waals surface area contributed by atoms with Crippen molar-refractivity contribution in [2.24, 2.45) is 5.73 Å². The van der Waals surface area contributed by atoms with Crippen molar-refractivity contribution in [3.8, 4) is 11.5 Å². The predicted molar refractivity (Wildman–Crippen MR) is 148 cm³/mol. The van der Waals surface area contributed by atoms with E-state index in [2.05, 4.69) is 31.2 Å². The van der Waals surface area contributed by atoms with Crippen molar-refractivity contribution in [3.05, 3.63) is 77.2 Å². The van der Waals surface area contributed by atoms with Crippen molar-refractivity contribution in [1.82, 2.24) is 19.9 Å². The van der Waals surface area contributed by atoms with Crippen molar-refractivity contribution in [2.75, 3.05) is 44.8 Å². The number of anilines is 2. The number of nitrogens with two attached hydrogens (primary N) is 1. The SMILES string of the molecule is NC(=O)c1nc(Nc2ccc(OCc3ccccn3)c(Cl)c2)nc2cc(OCCCN3CCOCC3)[c]cc12. The Bertz CT molecular complexity index is 1430. The number of fused-ring (bicyclic) bond motifs is 1. The summed E-state index contributed by atoms with van der Waals surface area (Å²) in [4.78, 5) is 27.6. The zero-order valence-electron chi connectivity index (χ0n) is 21.2. The molecule has 10 nitrogen and oxygen atoms in total. The molecule has 3 N–H and O–H groups in total. The monoisotopic (exact) mass is 547 g/mol. The van der Waals surface area contributed by atoms with Gasteiger partial charge in [-0.05, 0) is 42.8 Å². The lowest BCUT2D eigenvalue weighted by Gasteiger charge is -2.26. The number of hydrogen-bond acceptors (Lipinski definition) is 9. The minimum Gasteiger partial charge on any atom is -0.493 e. The molecule has 1 aliphatic heterocycles. The molecular weight excluding hydrogens is 520 g/mol. The van der Waals surface area contributed by atoms with E-state index in [1.807, 2.05) is 18.2 Å². The molecule has 0 aliphatic carbocycles. The molecule has 39 heavy (non-hydrogen) atoms. The Morgan fingerprint density at radius 2 is 2.03 bits per heavy atom. The van der Waals surface area contributed by atoms with E-state index in [1.165, 1.54) is 0 Å². The maximum absolute atomic E-state index is 12.2. The van der Waals surface area contributed by atoms with Crippen LogP contribution < -0.4 is 20.5 Å². The second kappa shape index (κ2) is 12.7. The van der Waals surface area contributed by atoms with Gasteiger partial charge in [-0.3, -0.25) is 14.7 Å². The number of nitrogens with one attached hydrogen (secondary N) is 1. The van der Waals surface area contributed by atoms with Gasteiger partial charge in [0.15, 0.2) is 0 Å². The van der Waals surface area contributed by atoms with Crippen LogP contribution >= 0.6 is 11.6 Å². The Labute approximate surface area is 231 Å². The van der Waals surface area contributed by atoms with Gasteiger partial charge in [-0.1, -0.05) is 17.7 Å². The number of ether oxygens (including phenoxy) is 3. The van der Waals surface area contributed by atoms with E-state index in [1.54, 1.807) is 36.5 Å². The van der Waals surface area contributed by atoms with Crippen LogP contribution in [0.4, 0.5) is 11.6 Å². The van der Waals surface area contributed by atoms with Crippen molar-refractivity contribution >= 4 is 40.0 Å². The summed E-state index contributed by atoms with van der Waals surface area (Å²) in [5, 5.41) is 3.98. The fourth-order valence-electron chi connectivity index (χ4n) is 4.13. The number of amides is 1. The molecule has 3 heterocycles. The van der Waals surface area contributed by atoms with Crippen LogP contribution in [-0.4, -0.2) is 65.2 Å². The summed E-state index contributed by atoms with van der Waals surface area (Å²) in [7, 11) is 0. The molecular formula is C28H28ClN6O4. The summed E-state index contributed by atoms with van der Waals surface area (Å²) in [6, 6.07) is 17.2. The lowest BCUT2D eigenvalue weighted by molar-refractivity contribution is 0.0358. The van der Waals surface area contributed by atoms with Crippen LogP contribution in [0.2, 0.25) is 5.02 Å². The average Bonchev–Trinajstić information content (AvgIpc) is 2.95. The van der Waals surface area contributed by atoms with E-state index in [-0.39, 0.29) is 18.2 Å². The van der Waals surface area contributed by atoms with Gasteiger partial charge in [0, 0.05) is 49.0 Å². The number of carbonyl (C=O) groups excluding carboxylic acids is 1. The van der Waals surface area contributed by atoms with Gasteiger partial charge in [-0.25, -0.2) is 9.97 Å². The van der Waals surface area contributed by atoms with Gasteiger partial charge in [-0.15, -0.1) is 0 Å². The van der Waals surface area contributed by atoms with Gasteiger partial charge < -0.3 is 25.3 Å². The Morgan fingerprint density at radius 3 is 2.79 bits per heavy atom. The first kappa shape index (κ1) is 26.6. The van der Waals surface area contributed by atoms with Gasteiger partial charge in [0.25, 0.3) is 5.91 Å². The minimum absolute atomic E-state index is 0.0824. The van der Waals surface area contributed by atoms with Gasteiger partial charge in [0.1, 0.15) is 23.8 Å². The number of primary amides is 1. The highest BCUT2D eigenvalue weighted by Crippen LogP contribution is 2.30. The number of hydrogen-bond donors (Lipinski definition) is 2. The fraction of sp³-hybridized carbons (Fsp3) is 0.286. The molecule has 1 radical (unpaired) electrons. The highest BCUT2D eigenvalue weighted by atomic mass is 35.5. The van der Waals surface area contributed by atoms with Crippen LogP contribution in [0, 0.1) is 6.07 Å². The molecule has 0 saturated carbocycles. The Balaban J connectivity index is 1.27. The van der Waals surface area contributed by atoms with E-state index < -0.39 is 5.91 Å². The first-order valence-electron chi connectivity index (χ1n) is 12.6.